The zero-order chi connectivity index (χ0) is 27.6. The van der Waals surface area contributed by atoms with Gasteiger partial charge in [-0.3, -0.25) is 0 Å². The molecule has 0 amide bonds. The Balaban J connectivity index is 1.42. The number of hydrogen-bond acceptors (Lipinski definition) is 2. The third kappa shape index (κ3) is 4.62. The molecule has 0 fully saturated rings. The average molecular weight is 515 g/mol. The van der Waals surface area contributed by atoms with Gasteiger partial charge in [-0.25, -0.2) is 0 Å². The topological polar surface area (TPSA) is 6.48 Å². The van der Waals surface area contributed by atoms with Crippen LogP contribution in [-0.2, 0) is 0 Å². The van der Waals surface area contributed by atoms with Gasteiger partial charge in [-0.05, 0) is 57.9 Å². The molecule has 2 heteroatoms. The number of fused-ring (bicyclic) bond motifs is 3. The van der Waals surface area contributed by atoms with E-state index in [4.69, 9.17) is 0 Å². The summed E-state index contributed by atoms with van der Waals surface area (Å²) in [5, 5.41) is 6.98. The van der Waals surface area contributed by atoms with Crippen molar-refractivity contribution in [3.63, 3.8) is 0 Å². The van der Waals surface area contributed by atoms with Gasteiger partial charge in [0.2, 0.25) is 0 Å². The molecule has 0 heterocycles. The molecule has 0 saturated carbocycles. The SMILES string of the molecule is CN(C)c1cccc2c(C#Cc3cccc4c(C#Cc5cccc6c(N(C)C)cccc56)cccc34)cccc12. The summed E-state index contributed by atoms with van der Waals surface area (Å²) in [5.41, 5.74) is 6.45. The van der Waals surface area contributed by atoms with Crippen molar-refractivity contribution in [3.8, 4) is 23.7 Å². The Bertz CT molecular complexity index is 1880. The second-order valence-electron chi connectivity index (χ2n) is 10.4. The maximum Gasteiger partial charge on any atom is 0.0441 e. The zero-order valence-corrected chi connectivity index (χ0v) is 23.3. The molecule has 0 radical (unpaired) electrons. The Labute approximate surface area is 236 Å². The fourth-order valence-corrected chi connectivity index (χ4v) is 5.38. The standard InChI is InChI=1S/C38H30N2/c1-39(2)37-21-9-17-33-29(13-7-19-35(33)37)25-23-27-11-5-16-32-28(12-6-15-31(27)32)24-26-30-14-8-20-36-34(30)18-10-22-38(36)40(3)4/h5-22H,1-4H3. The van der Waals surface area contributed by atoms with Gasteiger partial charge in [0.15, 0.2) is 0 Å². The fraction of sp³-hybridized carbons (Fsp3) is 0.105. The average Bonchev–Trinajstić information content (AvgIpc) is 2.98. The summed E-state index contributed by atoms with van der Waals surface area (Å²) in [6.07, 6.45) is 0. The molecule has 0 atom stereocenters. The summed E-state index contributed by atoms with van der Waals surface area (Å²) in [5.74, 6) is 13.9. The zero-order valence-electron chi connectivity index (χ0n) is 23.3. The molecule has 0 N–H and O–H groups in total. The third-order valence-corrected chi connectivity index (χ3v) is 7.35. The maximum atomic E-state index is 3.47. The highest BCUT2D eigenvalue weighted by atomic mass is 15.1. The van der Waals surface area contributed by atoms with E-state index in [0.717, 1.165) is 33.0 Å². The molecule has 0 unspecified atom stereocenters. The van der Waals surface area contributed by atoms with E-state index in [1.54, 1.807) is 0 Å². The minimum atomic E-state index is 1.00. The minimum absolute atomic E-state index is 1.00. The first kappa shape index (κ1) is 25.1. The Morgan fingerprint density at radius 2 is 0.575 bits per heavy atom. The molecule has 6 rings (SSSR count). The highest BCUT2D eigenvalue weighted by Gasteiger charge is 2.07. The van der Waals surface area contributed by atoms with Crippen molar-refractivity contribution < 1.29 is 0 Å². The van der Waals surface area contributed by atoms with E-state index in [0.29, 0.717) is 0 Å². The van der Waals surface area contributed by atoms with Crippen LogP contribution < -0.4 is 9.80 Å². The van der Waals surface area contributed by atoms with Crippen molar-refractivity contribution in [3.05, 3.63) is 131 Å². The minimum Gasteiger partial charge on any atom is -0.377 e. The summed E-state index contributed by atoms with van der Waals surface area (Å²) in [6.45, 7) is 0. The predicted molar refractivity (Wildman–Crippen MR) is 172 cm³/mol. The van der Waals surface area contributed by atoms with Gasteiger partial charge in [-0.15, -0.1) is 0 Å². The fourth-order valence-electron chi connectivity index (χ4n) is 5.38. The van der Waals surface area contributed by atoms with Crippen molar-refractivity contribution in [1.29, 1.82) is 0 Å². The molecule has 6 aromatic rings. The number of nitrogens with zero attached hydrogens (tertiary/aromatic N) is 2. The molecular weight excluding hydrogens is 484 g/mol. The third-order valence-electron chi connectivity index (χ3n) is 7.35. The summed E-state index contributed by atoms with van der Waals surface area (Å²) in [6, 6.07) is 38.1. The molecule has 0 saturated heterocycles. The lowest BCUT2D eigenvalue weighted by Crippen LogP contribution is -2.08. The van der Waals surface area contributed by atoms with Gasteiger partial charge in [0.1, 0.15) is 0 Å². The Morgan fingerprint density at radius 1 is 0.325 bits per heavy atom. The van der Waals surface area contributed by atoms with Crippen LogP contribution in [0.25, 0.3) is 32.3 Å². The Kier molecular flexibility index (Phi) is 6.61. The van der Waals surface area contributed by atoms with E-state index in [1.807, 2.05) is 0 Å². The quantitative estimate of drug-likeness (QED) is 0.216. The second kappa shape index (κ2) is 10.5. The largest absolute Gasteiger partial charge is 0.377 e. The maximum absolute atomic E-state index is 3.47. The van der Waals surface area contributed by atoms with Crippen molar-refractivity contribution in [2.45, 2.75) is 0 Å². The second-order valence-corrected chi connectivity index (χ2v) is 10.4. The van der Waals surface area contributed by atoms with Gasteiger partial charge in [0, 0.05) is 72.6 Å². The molecule has 0 aliphatic carbocycles. The molecule has 2 nitrogen and oxygen atoms in total. The van der Waals surface area contributed by atoms with Crippen LogP contribution in [0.15, 0.2) is 109 Å². The molecule has 0 aliphatic heterocycles. The normalized spacial score (nSPS) is 10.6. The molecule has 0 aromatic heterocycles. The van der Waals surface area contributed by atoms with Gasteiger partial charge < -0.3 is 9.80 Å². The van der Waals surface area contributed by atoms with Gasteiger partial charge in [-0.2, -0.15) is 0 Å². The van der Waals surface area contributed by atoms with Crippen molar-refractivity contribution in [1.82, 2.24) is 0 Å². The lowest BCUT2D eigenvalue weighted by atomic mass is 9.98. The summed E-state index contributed by atoms with van der Waals surface area (Å²) in [7, 11) is 8.30. The van der Waals surface area contributed by atoms with Crippen molar-refractivity contribution >= 4 is 43.7 Å². The van der Waals surface area contributed by atoms with Gasteiger partial charge in [0.05, 0.1) is 0 Å². The van der Waals surface area contributed by atoms with E-state index in [2.05, 4.69) is 171 Å². The molecular formula is C38H30N2. The van der Waals surface area contributed by atoms with Crippen LogP contribution in [0.5, 0.6) is 0 Å². The highest BCUT2D eigenvalue weighted by Crippen LogP contribution is 2.29. The van der Waals surface area contributed by atoms with E-state index in [1.165, 1.54) is 32.9 Å². The number of benzene rings is 6. The smallest absolute Gasteiger partial charge is 0.0441 e. The first-order chi connectivity index (χ1) is 19.5. The van der Waals surface area contributed by atoms with E-state index >= 15 is 0 Å². The predicted octanol–water partition coefficient (Wildman–Crippen LogP) is 8.08. The van der Waals surface area contributed by atoms with Crippen LogP contribution in [0.3, 0.4) is 0 Å². The Hall–Kier alpha value is -5.18. The van der Waals surface area contributed by atoms with Crippen LogP contribution in [-0.4, -0.2) is 28.2 Å². The Morgan fingerprint density at radius 3 is 0.875 bits per heavy atom. The van der Waals surface area contributed by atoms with E-state index in [-0.39, 0.29) is 0 Å². The van der Waals surface area contributed by atoms with E-state index in [9.17, 15) is 0 Å². The lowest BCUT2D eigenvalue weighted by Gasteiger charge is -2.15. The highest BCUT2D eigenvalue weighted by molar-refractivity contribution is 5.99. The first-order valence-corrected chi connectivity index (χ1v) is 13.5. The lowest BCUT2D eigenvalue weighted by molar-refractivity contribution is 1.14. The van der Waals surface area contributed by atoms with Crippen molar-refractivity contribution in [2.24, 2.45) is 0 Å². The number of hydrogen-bond donors (Lipinski definition) is 0. The van der Waals surface area contributed by atoms with Crippen LogP contribution in [0, 0.1) is 23.7 Å². The van der Waals surface area contributed by atoms with Gasteiger partial charge >= 0.3 is 0 Å². The number of anilines is 2. The molecule has 0 bridgehead atoms. The number of rotatable bonds is 2. The summed E-state index contributed by atoms with van der Waals surface area (Å²) >= 11 is 0. The monoisotopic (exact) mass is 514 g/mol. The summed E-state index contributed by atoms with van der Waals surface area (Å²) < 4.78 is 0. The molecule has 192 valence electrons. The van der Waals surface area contributed by atoms with Gasteiger partial charge in [-0.1, -0.05) is 96.5 Å². The van der Waals surface area contributed by atoms with Crippen molar-refractivity contribution in [2.75, 3.05) is 38.0 Å². The molecule has 0 aliphatic rings. The molecule has 6 aromatic carbocycles. The molecule has 0 spiro atoms. The summed E-state index contributed by atoms with van der Waals surface area (Å²) in [4.78, 5) is 4.29. The first-order valence-electron chi connectivity index (χ1n) is 13.5. The van der Waals surface area contributed by atoms with Gasteiger partial charge in [0.25, 0.3) is 0 Å². The van der Waals surface area contributed by atoms with Crippen LogP contribution >= 0.6 is 0 Å². The van der Waals surface area contributed by atoms with Crippen LogP contribution in [0.4, 0.5) is 11.4 Å². The van der Waals surface area contributed by atoms with Crippen LogP contribution in [0.2, 0.25) is 0 Å². The van der Waals surface area contributed by atoms with E-state index < -0.39 is 0 Å². The molecule has 40 heavy (non-hydrogen) atoms. The van der Waals surface area contributed by atoms with Crippen LogP contribution in [0.1, 0.15) is 22.3 Å².